The van der Waals surface area contributed by atoms with Crippen LogP contribution in [0.4, 0.5) is 0 Å². The second kappa shape index (κ2) is 8.95. The Kier molecular flexibility index (Phi) is 7.61. The van der Waals surface area contributed by atoms with Gasteiger partial charge in [0.2, 0.25) is 5.91 Å². The number of carbonyl (C=O) groups is 1. The Balaban J connectivity index is 2.65. The van der Waals surface area contributed by atoms with Crippen molar-refractivity contribution in [3.8, 4) is 0 Å². The van der Waals surface area contributed by atoms with E-state index in [9.17, 15) is 9.00 Å². The van der Waals surface area contributed by atoms with Crippen molar-refractivity contribution >= 4 is 16.7 Å². The molecule has 0 heterocycles. The van der Waals surface area contributed by atoms with Gasteiger partial charge in [0.25, 0.3) is 0 Å². The molecule has 1 aromatic carbocycles. The summed E-state index contributed by atoms with van der Waals surface area (Å²) in [7, 11) is 2.93. The first-order valence-corrected chi connectivity index (χ1v) is 8.83. The molecule has 1 N–H and O–H groups in total. The highest BCUT2D eigenvalue weighted by molar-refractivity contribution is 7.85. The topological polar surface area (TPSA) is 49.4 Å². The molecule has 0 radical (unpaired) electrons. The quantitative estimate of drug-likeness (QED) is 0.795. The third kappa shape index (κ3) is 5.98. The fourth-order valence-electron chi connectivity index (χ4n) is 2.08. The predicted octanol–water partition coefficient (Wildman–Crippen LogP) is 1.74. The Hall–Kier alpha value is -1.20. The first kappa shape index (κ1) is 17.9. The summed E-state index contributed by atoms with van der Waals surface area (Å²) in [5.74, 6) is 0.459. The molecular weight excluding hydrogens is 284 g/mol. The van der Waals surface area contributed by atoms with Crippen LogP contribution < -0.4 is 5.32 Å². The van der Waals surface area contributed by atoms with Crippen molar-refractivity contribution < 1.29 is 9.00 Å². The monoisotopic (exact) mass is 310 g/mol. The molecule has 0 saturated heterocycles. The number of likely N-dealkylation sites (N-methyl/N-ethyl adjacent to an activating group) is 1. The van der Waals surface area contributed by atoms with Gasteiger partial charge in [-0.15, -0.1) is 0 Å². The molecule has 0 unspecified atom stereocenters. The minimum absolute atomic E-state index is 0.0887. The summed E-state index contributed by atoms with van der Waals surface area (Å²) in [6.07, 6.45) is 1.02. The molecule has 0 saturated carbocycles. The van der Waals surface area contributed by atoms with E-state index < -0.39 is 10.8 Å². The largest absolute Gasteiger partial charge is 0.353 e. The lowest BCUT2D eigenvalue weighted by Crippen LogP contribution is -2.36. The van der Waals surface area contributed by atoms with Crippen LogP contribution in [0.3, 0.4) is 0 Å². The summed E-state index contributed by atoms with van der Waals surface area (Å²) in [6, 6.07) is 8.59. The molecule has 0 aromatic heterocycles. The minimum atomic E-state index is -1.06. The van der Waals surface area contributed by atoms with Gasteiger partial charge >= 0.3 is 0 Å². The predicted molar refractivity (Wildman–Crippen MR) is 88.8 cm³/mol. The standard InChI is InChI=1S/C16H26N2O2S/c1-5-13-7-9-14(10-8-13)15(18(3)4)11-17-16(19)12-21(20)6-2/h7-10,15H,5-6,11-12H2,1-4H3,(H,17,19)/t15-,21+/m0/s1. The average molecular weight is 310 g/mol. The number of nitrogens with zero attached hydrogens (tertiary/aromatic N) is 1. The number of rotatable bonds is 8. The normalized spacial score (nSPS) is 14.0. The van der Waals surface area contributed by atoms with Crippen molar-refractivity contribution in [1.29, 1.82) is 0 Å². The van der Waals surface area contributed by atoms with E-state index in [1.54, 1.807) is 0 Å². The zero-order chi connectivity index (χ0) is 15.8. The van der Waals surface area contributed by atoms with Gasteiger partial charge in [-0.1, -0.05) is 38.1 Å². The van der Waals surface area contributed by atoms with Crippen molar-refractivity contribution in [2.75, 3.05) is 32.1 Å². The molecule has 21 heavy (non-hydrogen) atoms. The second-order valence-electron chi connectivity index (χ2n) is 5.25. The zero-order valence-corrected chi connectivity index (χ0v) is 14.2. The highest BCUT2D eigenvalue weighted by atomic mass is 32.2. The van der Waals surface area contributed by atoms with E-state index in [1.807, 2.05) is 21.0 Å². The van der Waals surface area contributed by atoms with Crippen LogP contribution in [0.2, 0.25) is 0 Å². The van der Waals surface area contributed by atoms with Gasteiger partial charge < -0.3 is 10.2 Å². The molecule has 0 fully saturated rings. The van der Waals surface area contributed by atoms with Gasteiger partial charge in [0.15, 0.2) is 0 Å². The van der Waals surface area contributed by atoms with E-state index in [0.717, 1.165) is 6.42 Å². The Morgan fingerprint density at radius 3 is 2.33 bits per heavy atom. The summed E-state index contributed by atoms with van der Waals surface area (Å²) in [5.41, 5.74) is 2.48. The SMILES string of the molecule is CCc1ccc([C@H](CNC(=O)C[S@](=O)CC)N(C)C)cc1. The van der Waals surface area contributed by atoms with Crippen LogP contribution >= 0.6 is 0 Å². The van der Waals surface area contributed by atoms with Crippen LogP contribution in [0.15, 0.2) is 24.3 Å². The molecule has 0 spiro atoms. The van der Waals surface area contributed by atoms with Crippen molar-refractivity contribution in [2.24, 2.45) is 0 Å². The first-order chi connectivity index (χ1) is 9.97. The smallest absolute Gasteiger partial charge is 0.232 e. The van der Waals surface area contributed by atoms with Crippen molar-refractivity contribution in [3.63, 3.8) is 0 Å². The van der Waals surface area contributed by atoms with E-state index in [4.69, 9.17) is 0 Å². The maximum atomic E-state index is 11.7. The molecular formula is C16H26N2O2S. The van der Waals surface area contributed by atoms with Crippen molar-refractivity contribution in [1.82, 2.24) is 10.2 Å². The molecule has 0 aliphatic heterocycles. The molecule has 2 atom stereocenters. The lowest BCUT2D eigenvalue weighted by Gasteiger charge is -2.25. The summed E-state index contributed by atoms with van der Waals surface area (Å²) >= 11 is 0. The highest BCUT2D eigenvalue weighted by Gasteiger charge is 2.15. The summed E-state index contributed by atoms with van der Waals surface area (Å²) in [6.45, 7) is 4.48. The molecule has 1 amide bonds. The lowest BCUT2D eigenvalue weighted by atomic mass is 10.0. The van der Waals surface area contributed by atoms with Crippen molar-refractivity contribution in [2.45, 2.75) is 26.3 Å². The molecule has 1 rings (SSSR count). The number of benzene rings is 1. The fraction of sp³-hybridized carbons (Fsp3) is 0.562. The molecule has 0 aliphatic rings. The van der Waals surface area contributed by atoms with Gasteiger partial charge in [0.1, 0.15) is 5.75 Å². The van der Waals surface area contributed by atoms with Crippen LogP contribution in [-0.4, -0.2) is 47.2 Å². The number of amides is 1. The second-order valence-corrected chi connectivity index (χ2v) is 7.00. The maximum absolute atomic E-state index is 11.7. The Morgan fingerprint density at radius 1 is 1.24 bits per heavy atom. The van der Waals surface area contributed by atoms with Gasteiger partial charge in [-0.25, -0.2) is 0 Å². The number of nitrogens with one attached hydrogen (secondary N) is 1. The minimum Gasteiger partial charge on any atom is -0.353 e. The summed E-state index contributed by atoms with van der Waals surface area (Å²) in [4.78, 5) is 13.8. The van der Waals surface area contributed by atoms with Crippen LogP contribution in [0.1, 0.15) is 31.0 Å². The van der Waals surface area contributed by atoms with Crippen molar-refractivity contribution in [3.05, 3.63) is 35.4 Å². The molecule has 5 heteroatoms. The summed E-state index contributed by atoms with van der Waals surface area (Å²) < 4.78 is 11.4. The van der Waals surface area contributed by atoms with Gasteiger partial charge in [-0.3, -0.25) is 9.00 Å². The third-order valence-electron chi connectivity index (χ3n) is 3.50. The van der Waals surface area contributed by atoms with Gasteiger partial charge in [0.05, 0.1) is 6.04 Å². The maximum Gasteiger partial charge on any atom is 0.232 e. The molecule has 118 valence electrons. The Labute approximate surface area is 130 Å². The van der Waals surface area contributed by atoms with E-state index >= 15 is 0 Å². The first-order valence-electron chi connectivity index (χ1n) is 7.34. The lowest BCUT2D eigenvalue weighted by molar-refractivity contribution is -0.118. The third-order valence-corrected chi connectivity index (χ3v) is 4.73. The van der Waals surface area contributed by atoms with E-state index in [2.05, 4.69) is 41.4 Å². The van der Waals surface area contributed by atoms with Crippen LogP contribution in [-0.2, 0) is 22.0 Å². The van der Waals surface area contributed by atoms with Gasteiger partial charge in [-0.2, -0.15) is 0 Å². The van der Waals surface area contributed by atoms with Crippen LogP contribution in [0, 0.1) is 0 Å². The molecule has 4 nitrogen and oxygen atoms in total. The Bertz CT molecular complexity index is 472. The number of hydrogen-bond acceptors (Lipinski definition) is 3. The Morgan fingerprint density at radius 2 is 1.86 bits per heavy atom. The molecule has 1 aromatic rings. The van der Waals surface area contributed by atoms with E-state index in [1.165, 1.54) is 11.1 Å². The molecule has 0 aliphatic carbocycles. The summed E-state index contributed by atoms with van der Waals surface area (Å²) in [5, 5.41) is 2.88. The van der Waals surface area contributed by atoms with E-state index in [0.29, 0.717) is 12.3 Å². The van der Waals surface area contributed by atoms with Crippen LogP contribution in [0.25, 0.3) is 0 Å². The molecule has 0 bridgehead atoms. The number of aryl methyl sites for hydroxylation is 1. The fourth-order valence-corrected chi connectivity index (χ4v) is 2.68. The average Bonchev–Trinajstić information content (AvgIpc) is 2.47. The van der Waals surface area contributed by atoms with Gasteiger partial charge in [-0.05, 0) is 31.6 Å². The number of hydrogen-bond donors (Lipinski definition) is 1. The van der Waals surface area contributed by atoms with Crippen LogP contribution in [0.5, 0.6) is 0 Å². The van der Waals surface area contributed by atoms with E-state index in [-0.39, 0.29) is 17.7 Å². The zero-order valence-electron chi connectivity index (χ0n) is 13.4. The number of carbonyl (C=O) groups excluding carboxylic acids is 1. The highest BCUT2D eigenvalue weighted by Crippen LogP contribution is 2.18. The van der Waals surface area contributed by atoms with Gasteiger partial charge in [0, 0.05) is 23.1 Å².